The maximum absolute atomic E-state index is 11.7. The topological polar surface area (TPSA) is 83.8 Å². The number of fused-ring (bicyclic) bond motifs is 1. The summed E-state index contributed by atoms with van der Waals surface area (Å²) in [5.41, 5.74) is 8.14. The Morgan fingerprint density at radius 1 is 1.50 bits per heavy atom. The SMILES string of the molecule is Cl.NCCCNC(=O)c1n[nH]c2c1CCC2. The van der Waals surface area contributed by atoms with E-state index in [0.717, 1.165) is 36.9 Å². The summed E-state index contributed by atoms with van der Waals surface area (Å²) in [6.07, 6.45) is 3.90. The molecule has 0 fully saturated rings. The average Bonchev–Trinajstić information content (AvgIpc) is 2.78. The molecule has 1 aliphatic carbocycles. The summed E-state index contributed by atoms with van der Waals surface area (Å²) < 4.78 is 0. The first kappa shape index (κ1) is 13.0. The minimum absolute atomic E-state index is 0. The van der Waals surface area contributed by atoms with Crippen molar-refractivity contribution in [3.63, 3.8) is 0 Å². The van der Waals surface area contributed by atoms with Crippen molar-refractivity contribution in [2.45, 2.75) is 25.7 Å². The molecule has 0 aromatic carbocycles. The first-order valence-electron chi connectivity index (χ1n) is 5.37. The number of carbonyl (C=O) groups excluding carboxylic acids is 1. The molecule has 5 nitrogen and oxygen atoms in total. The number of carbonyl (C=O) groups is 1. The first-order valence-corrected chi connectivity index (χ1v) is 5.37. The molecule has 0 aliphatic heterocycles. The maximum atomic E-state index is 11.7. The molecule has 1 aromatic heterocycles. The lowest BCUT2D eigenvalue weighted by atomic mass is 10.2. The summed E-state index contributed by atoms with van der Waals surface area (Å²) >= 11 is 0. The molecular weight excluding hydrogens is 228 g/mol. The molecule has 4 N–H and O–H groups in total. The van der Waals surface area contributed by atoms with Gasteiger partial charge in [0.05, 0.1) is 0 Å². The Kier molecular flexibility index (Phi) is 4.76. The zero-order chi connectivity index (χ0) is 10.7. The number of hydrogen-bond donors (Lipinski definition) is 3. The summed E-state index contributed by atoms with van der Waals surface area (Å²) in [5.74, 6) is -0.0807. The Labute approximate surface area is 101 Å². The van der Waals surface area contributed by atoms with Gasteiger partial charge in [0, 0.05) is 17.8 Å². The number of aryl methyl sites for hydroxylation is 1. The lowest BCUT2D eigenvalue weighted by Crippen LogP contribution is -2.27. The number of aromatic nitrogens is 2. The quantitative estimate of drug-likeness (QED) is 0.671. The second-order valence-corrected chi connectivity index (χ2v) is 3.78. The molecule has 0 spiro atoms. The summed E-state index contributed by atoms with van der Waals surface area (Å²) in [7, 11) is 0. The van der Waals surface area contributed by atoms with E-state index in [1.807, 2.05) is 0 Å². The van der Waals surface area contributed by atoms with E-state index in [1.54, 1.807) is 0 Å². The third-order valence-corrected chi connectivity index (χ3v) is 2.69. The molecule has 0 bridgehead atoms. The van der Waals surface area contributed by atoms with Gasteiger partial charge in [0.2, 0.25) is 0 Å². The van der Waals surface area contributed by atoms with Gasteiger partial charge in [0.25, 0.3) is 5.91 Å². The number of nitrogens with zero attached hydrogens (tertiary/aromatic N) is 1. The monoisotopic (exact) mass is 244 g/mol. The molecule has 0 radical (unpaired) electrons. The molecule has 90 valence electrons. The van der Waals surface area contributed by atoms with Crippen LogP contribution in [0.3, 0.4) is 0 Å². The van der Waals surface area contributed by atoms with Crippen LogP contribution in [-0.2, 0) is 12.8 Å². The molecule has 1 amide bonds. The van der Waals surface area contributed by atoms with Crippen molar-refractivity contribution in [2.75, 3.05) is 13.1 Å². The van der Waals surface area contributed by atoms with Crippen LogP contribution in [0.5, 0.6) is 0 Å². The number of nitrogens with two attached hydrogens (primary N) is 1. The van der Waals surface area contributed by atoms with Crippen LogP contribution >= 0.6 is 12.4 Å². The molecule has 1 aliphatic rings. The van der Waals surface area contributed by atoms with Crippen molar-refractivity contribution in [1.82, 2.24) is 15.5 Å². The number of amides is 1. The normalized spacial score (nSPS) is 13.1. The number of halogens is 1. The molecular formula is C10H17ClN4O. The lowest BCUT2D eigenvalue weighted by Gasteiger charge is -2.02. The highest BCUT2D eigenvalue weighted by Crippen LogP contribution is 2.22. The van der Waals surface area contributed by atoms with Crippen molar-refractivity contribution >= 4 is 18.3 Å². The molecule has 1 heterocycles. The Bertz CT molecular complexity index is 364. The van der Waals surface area contributed by atoms with Gasteiger partial charge in [0.1, 0.15) is 0 Å². The van der Waals surface area contributed by atoms with Crippen LogP contribution in [0.4, 0.5) is 0 Å². The fourth-order valence-corrected chi connectivity index (χ4v) is 1.89. The smallest absolute Gasteiger partial charge is 0.272 e. The Morgan fingerprint density at radius 2 is 2.31 bits per heavy atom. The van der Waals surface area contributed by atoms with E-state index in [2.05, 4.69) is 15.5 Å². The Morgan fingerprint density at radius 3 is 3.06 bits per heavy atom. The van der Waals surface area contributed by atoms with E-state index in [4.69, 9.17) is 5.73 Å². The van der Waals surface area contributed by atoms with Gasteiger partial charge in [-0.1, -0.05) is 0 Å². The van der Waals surface area contributed by atoms with E-state index < -0.39 is 0 Å². The van der Waals surface area contributed by atoms with Crippen LogP contribution in [0.25, 0.3) is 0 Å². The molecule has 0 saturated heterocycles. The fraction of sp³-hybridized carbons (Fsp3) is 0.600. The van der Waals surface area contributed by atoms with E-state index in [1.165, 1.54) is 0 Å². The largest absolute Gasteiger partial charge is 0.351 e. The van der Waals surface area contributed by atoms with E-state index in [0.29, 0.717) is 18.8 Å². The zero-order valence-electron chi connectivity index (χ0n) is 9.08. The van der Waals surface area contributed by atoms with E-state index in [-0.39, 0.29) is 18.3 Å². The van der Waals surface area contributed by atoms with Crippen molar-refractivity contribution in [1.29, 1.82) is 0 Å². The Balaban J connectivity index is 0.00000128. The maximum Gasteiger partial charge on any atom is 0.272 e. The predicted octanol–water partition coefficient (Wildman–Crippen LogP) is 0.399. The van der Waals surface area contributed by atoms with Crippen LogP contribution in [-0.4, -0.2) is 29.2 Å². The van der Waals surface area contributed by atoms with Gasteiger partial charge in [-0.3, -0.25) is 9.89 Å². The number of H-pyrrole nitrogens is 1. The Hall–Kier alpha value is -1.07. The first-order chi connectivity index (χ1) is 7.33. The van der Waals surface area contributed by atoms with Gasteiger partial charge in [-0.15, -0.1) is 12.4 Å². The van der Waals surface area contributed by atoms with Gasteiger partial charge in [-0.25, -0.2) is 0 Å². The number of aromatic amines is 1. The van der Waals surface area contributed by atoms with Crippen LogP contribution in [0.2, 0.25) is 0 Å². The van der Waals surface area contributed by atoms with Crippen molar-refractivity contribution in [2.24, 2.45) is 5.73 Å². The number of rotatable bonds is 4. The highest BCUT2D eigenvalue weighted by molar-refractivity contribution is 5.94. The zero-order valence-corrected chi connectivity index (χ0v) is 9.90. The molecule has 2 rings (SSSR count). The molecule has 0 atom stereocenters. The van der Waals surface area contributed by atoms with Crippen LogP contribution in [0.1, 0.15) is 34.6 Å². The number of hydrogen-bond acceptors (Lipinski definition) is 3. The van der Waals surface area contributed by atoms with Gasteiger partial charge in [-0.2, -0.15) is 5.10 Å². The molecule has 6 heteroatoms. The fourth-order valence-electron chi connectivity index (χ4n) is 1.89. The van der Waals surface area contributed by atoms with Crippen molar-refractivity contribution in [3.8, 4) is 0 Å². The molecule has 0 unspecified atom stereocenters. The predicted molar refractivity (Wildman–Crippen MR) is 63.9 cm³/mol. The van der Waals surface area contributed by atoms with Crippen molar-refractivity contribution < 1.29 is 4.79 Å². The third-order valence-electron chi connectivity index (χ3n) is 2.69. The summed E-state index contributed by atoms with van der Waals surface area (Å²) in [5, 5.41) is 9.78. The molecule has 1 aromatic rings. The second-order valence-electron chi connectivity index (χ2n) is 3.78. The van der Waals surface area contributed by atoms with Gasteiger partial charge < -0.3 is 11.1 Å². The van der Waals surface area contributed by atoms with E-state index in [9.17, 15) is 4.79 Å². The lowest BCUT2D eigenvalue weighted by molar-refractivity contribution is 0.0947. The van der Waals surface area contributed by atoms with Gasteiger partial charge in [-0.05, 0) is 32.2 Å². The average molecular weight is 245 g/mol. The van der Waals surface area contributed by atoms with E-state index >= 15 is 0 Å². The minimum Gasteiger partial charge on any atom is -0.351 e. The minimum atomic E-state index is -0.0807. The number of nitrogens with one attached hydrogen (secondary N) is 2. The van der Waals surface area contributed by atoms with Crippen molar-refractivity contribution in [3.05, 3.63) is 17.0 Å². The van der Waals surface area contributed by atoms with Gasteiger partial charge >= 0.3 is 0 Å². The van der Waals surface area contributed by atoms with Crippen LogP contribution < -0.4 is 11.1 Å². The molecule has 16 heavy (non-hydrogen) atoms. The standard InChI is InChI=1S/C10H16N4O.ClH/c11-5-2-6-12-10(15)9-7-3-1-4-8(7)13-14-9;/h1-6,11H2,(H,12,15)(H,13,14);1H. The highest BCUT2D eigenvalue weighted by Gasteiger charge is 2.22. The summed E-state index contributed by atoms with van der Waals surface area (Å²) in [6, 6.07) is 0. The second kappa shape index (κ2) is 5.86. The van der Waals surface area contributed by atoms with Crippen LogP contribution in [0.15, 0.2) is 0 Å². The highest BCUT2D eigenvalue weighted by atomic mass is 35.5. The van der Waals surface area contributed by atoms with Crippen LogP contribution in [0, 0.1) is 0 Å². The molecule has 0 saturated carbocycles. The summed E-state index contributed by atoms with van der Waals surface area (Å²) in [4.78, 5) is 11.7. The third kappa shape index (κ3) is 2.54. The van der Waals surface area contributed by atoms with Gasteiger partial charge in [0.15, 0.2) is 5.69 Å². The summed E-state index contributed by atoms with van der Waals surface area (Å²) in [6.45, 7) is 1.22.